The van der Waals surface area contributed by atoms with Crippen LogP contribution in [0.4, 0.5) is 0 Å². The Bertz CT molecular complexity index is 747. The summed E-state index contributed by atoms with van der Waals surface area (Å²) in [4.78, 5) is 11.6. The fourth-order valence-corrected chi connectivity index (χ4v) is 4.02. The minimum absolute atomic E-state index is 0.249. The van der Waals surface area contributed by atoms with Crippen LogP contribution in [0.5, 0.6) is 11.5 Å². The van der Waals surface area contributed by atoms with E-state index in [0.29, 0.717) is 18.8 Å². The third-order valence-corrected chi connectivity index (χ3v) is 6.08. The number of carbonyl (C=O) groups is 1. The number of hydrogen-bond acceptors (Lipinski definition) is 3. The van der Waals surface area contributed by atoms with E-state index in [1.54, 1.807) is 13.0 Å². The first-order chi connectivity index (χ1) is 11.5. The summed E-state index contributed by atoms with van der Waals surface area (Å²) in [6, 6.07) is 9.76. The maximum Gasteiger partial charge on any atom is 0.310 e. The number of ether oxygens (including phenoxy) is 2. The molecule has 0 aliphatic rings. The Hall–Kier alpha value is -0.350. The molecule has 0 saturated carbocycles. The molecule has 6 heteroatoms. The highest BCUT2D eigenvalue weighted by Crippen LogP contribution is 2.32. The van der Waals surface area contributed by atoms with E-state index in [4.69, 9.17) is 9.47 Å². The third-order valence-electron chi connectivity index (χ3n) is 3.44. The number of halogens is 3. The predicted molar refractivity (Wildman–Crippen MR) is 116 cm³/mol. The summed E-state index contributed by atoms with van der Waals surface area (Å²) in [5, 5.41) is 0. The van der Waals surface area contributed by atoms with Gasteiger partial charge in [-0.2, -0.15) is 0 Å². The van der Waals surface area contributed by atoms with E-state index in [1.165, 1.54) is 9.13 Å². The molecule has 0 unspecified atom stereocenters. The first-order valence-corrected chi connectivity index (χ1v) is 10.5. The van der Waals surface area contributed by atoms with Gasteiger partial charge in [-0.15, -0.1) is 0 Å². The van der Waals surface area contributed by atoms with Crippen LogP contribution < -0.4 is 9.47 Å². The van der Waals surface area contributed by atoms with Crippen molar-refractivity contribution in [2.75, 3.05) is 0 Å². The number of esters is 1. The third kappa shape index (κ3) is 5.08. The Labute approximate surface area is 177 Å². The molecule has 0 spiro atoms. The summed E-state index contributed by atoms with van der Waals surface area (Å²) in [5.74, 6) is 1.09. The van der Waals surface area contributed by atoms with Gasteiger partial charge in [-0.3, -0.25) is 4.79 Å². The quantitative estimate of drug-likeness (QED) is 0.224. The van der Waals surface area contributed by atoms with E-state index in [-0.39, 0.29) is 5.97 Å². The fraction of sp³-hybridized carbons (Fsp3) is 0.278. The maximum absolute atomic E-state index is 11.6. The van der Waals surface area contributed by atoms with Gasteiger partial charge in [0, 0.05) is 19.1 Å². The van der Waals surface area contributed by atoms with Crippen LogP contribution in [0.1, 0.15) is 31.4 Å². The van der Waals surface area contributed by atoms with Gasteiger partial charge in [0.05, 0.1) is 4.47 Å². The molecule has 0 atom stereocenters. The largest absolute Gasteiger partial charge is 0.488 e. The van der Waals surface area contributed by atoms with Crippen LogP contribution in [-0.4, -0.2) is 5.97 Å². The standard InChI is InChI=1S/C18H17BrI2O3/c1-3-11-8-13(19)17(9-15(11)21)23-10-12-14(20)6-5-7-16(12)24-18(22)4-2/h5-9H,3-4,10H2,1-2H3. The molecule has 2 aromatic carbocycles. The molecule has 3 nitrogen and oxygen atoms in total. The van der Waals surface area contributed by atoms with Crippen LogP contribution in [0, 0.1) is 7.14 Å². The van der Waals surface area contributed by atoms with Crippen molar-refractivity contribution in [2.24, 2.45) is 0 Å². The molecule has 2 rings (SSSR count). The molecule has 0 radical (unpaired) electrons. The Morgan fingerprint density at radius 3 is 2.54 bits per heavy atom. The lowest BCUT2D eigenvalue weighted by molar-refractivity contribution is -0.134. The van der Waals surface area contributed by atoms with Crippen LogP contribution in [0.25, 0.3) is 0 Å². The van der Waals surface area contributed by atoms with Crippen molar-refractivity contribution in [3.05, 3.63) is 53.1 Å². The zero-order valence-corrected chi connectivity index (χ0v) is 19.3. The second-order valence-corrected chi connectivity index (χ2v) is 8.24. The number of hydrogen-bond donors (Lipinski definition) is 0. The SMILES string of the molecule is CCC(=O)Oc1cccc(I)c1COc1cc(I)c(CC)cc1Br. The van der Waals surface area contributed by atoms with Crippen molar-refractivity contribution in [3.8, 4) is 11.5 Å². The molecule has 128 valence electrons. The van der Waals surface area contributed by atoms with Crippen LogP contribution >= 0.6 is 61.1 Å². The number of aryl methyl sites for hydroxylation is 1. The first kappa shape index (κ1) is 20.0. The summed E-state index contributed by atoms with van der Waals surface area (Å²) in [5.41, 5.74) is 2.16. The summed E-state index contributed by atoms with van der Waals surface area (Å²) in [6.07, 6.45) is 1.32. The molecule has 0 N–H and O–H groups in total. The molecule has 0 aliphatic carbocycles. The molecule has 0 saturated heterocycles. The van der Waals surface area contributed by atoms with Gasteiger partial charge in [-0.1, -0.05) is 19.9 Å². The van der Waals surface area contributed by atoms with Crippen LogP contribution in [-0.2, 0) is 17.8 Å². The number of benzene rings is 2. The van der Waals surface area contributed by atoms with Crippen molar-refractivity contribution < 1.29 is 14.3 Å². The van der Waals surface area contributed by atoms with Crippen LogP contribution in [0.15, 0.2) is 34.8 Å². The zero-order chi connectivity index (χ0) is 17.7. The van der Waals surface area contributed by atoms with Gasteiger partial charge in [0.1, 0.15) is 18.1 Å². The lowest BCUT2D eigenvalue weighted by Gasteiger charge is -2.15. The molecule has 2 aromatic rings. The fourth-order valence-electron chi connectivity index (χ4n) is 2.07. The topological polar surface area (TPSA) is 35.5 Å². The zero-order valence-electron chi connectivity index (χ0n) is 13.4. The highest BCUT2D eigenvalue weighted by atomic mass is 127. The summed E-state index contributed by atoms with van der Waals surface area (Å²) < 4.78 is 14.5. The molecule has 0 heterocycles. The highest BCUT2D eigenvalue weighted by Gasteiger charge is 2.13. The minimum Gasteiger partial charge on any atom is -0.488 e. The monoisotopic (exact) mass is 614 g/mol. The Balaban J connectivity index is 2.23. The Kier molecular flexibility index (Phi) is 7.80. The summed E-state index contributed by atoms with van der Waals surface area (Å²) in [7, 11) is 0. The van der Waals surface area contributed by atoms with E-state index in [1.807, 2.05) is 18.2 Å². The average Bonchev–Trinajstić information content (AvgIpc) is 2.56. The van der Waals surface area contributed by atoms with Crippen molar-refractivity contribution in [1.29, 1.82) is 0 Å². The first-order valence-electron chi connectivity index (χ1n) is 7.55. The molecule has 0 fully saturated rings. The van der Waals surface area contributed by atoms with Gasteiger partial charge in [-0.25, -0.2) is 0 Å². The van der Waals surface area contributed by atoms with Crippen LogP contribution in [0.3, 0.4) is 0 Å². The average molecular weight is 615 g/mol. The van der Waals surface area contributed by atoms with E-state index < -0.39 is 0 Å². The minimum atomic E-state index is -0.249. The van der Waals surface area contributed by atoms with E-state index in [0.717, 1.165) is 25.8 Å². The normalized spacial score (nSPS) is 10.5. The summed E-state index contributed by atoms with van der Waals surface area (Å²) >= 11 is 8.12. The van der Waals surface area contributed by atoms with Gasteiger partial charge in [-0.05, 0) is 97.4 Å². The number of carbonyl (C=O) groups excluding carboxylic acids is 1. The Morgan fingerprint density at radius 1 is 1.12 bits per heavy atom. The van der Waals surface area contributed by atoms with Gasteiger partial charge in [0.2, 0.25) is 0 Å². The second kappa shape index (κ2) is 9.38. The number of rotatable bonds is 6. The van der Waals surface area contributed by atoms with Crippen molar-refractivity contribution >= 4 is 67.1 Å². The van der Waals surface area contributed by atoms with Gasteiger partial charge < -0.3 is 9.47 Å². The molecular formula is C18H17BrI2O3. The van der Waals surface area contributed by atoms with Crippen LogP contribution in [0.2, 0.25) is 0 Å². The summed E-state index contributed by atoms with van der Waals surface area (Å²) in [6.45, 7) is 4.25. The Morgan fingerprint density at radius 2 is 1.88 bits per heavy atom. The van der Waals surface area contributed by atoms with Crippen molar-refractivity contribution in [3.63, 3.8) is 0 Å². The molecular weight excluding hydrogens is 598 g/mol. The smallest absolute Gasteiger partial charge is 0.310 e. The maximum atomic E-state index is 11.6. The highest BCUT2D eigenvalue weighted by molar-refractivity contribution is 14.1. The van der Waals surface area contributed by atoms with Gasteiger partial charge >= 0.3 is 5.97 Å². The molecule has 0 aromatic heterocycles. The van der Waals surface area contributed by atoms with E-state index in [2.05, 4.69) is 74.1 Å². The molecule has 0 amide bonds. The lowest BCUT2D eigenvalue weighted by Crippen LogP contribution is -2.09. The lowest BCUT2D eigenvalue weighted by atomic mass is 10.1. The van der Waals surface area contributed by atoms with Crippen molar-refractivity contribution in [1.82, 2.24) is 0 Å². The molecule has 0 aliphatic heterocycles. The van der Waals surface area contributed by atoms with E-state index >= 15 is 0 Å². The van der Waals surface area contributed by atoms with Gasteiger partial charge in [0.25, 0.3) is 0 Å². The molecule has 24 heavy (non-hydrogen) atoms. The van der Waals surface area contributed by atoms with Gasteiger partial charge in [0.15, 0.2) is 0 Å². The second-order valence-electron chi connectivity index (χ2n) is 5.06. The van der Waals surface area contributed by atoms with E-state index in [9.17, 15) is 4.79 Å². The molecule has 0 bridgehead atoms. The predicted octanol–water partition coefficient (Wildman–Crippen LogP) is 6.12. The van der Waals surface area contributed by atoms with Crippen molar-refractivity contribution in [2.45, 2.75) is 33.3 Å².